The molecule has 0 saturated heterocycles. The van der Waals surface area contributed by atoms with Crippen LogP contribution in [0.4, 0.5) is 0 Å². The molecule has 1 aliphatic carbocycles. The predicted octanol–water partition coefficient (Wildman–Crippen LogP) is 3.59. The first kappa shape index (κ1) is 14.8. The average Bonchev–Trinajstić information content (AvgIpc) is 3.17. The van der Waals surface area contributed by atoms with Crippen molar-refractivity contribution in [3.8, 4) is 11.8 Å². The van der Waals surface area contributed by atoms with Gasteiger partial charge in [-0.25, -0.2) is 0 Å². The van der Waals surface area contributed by atoms with E-state index >= 15 is 0 Å². The summed E-state index contributed by atoms with van der Waals surface area (Å²) in [5, 5.41) is 21.1. The normalized spacial score (nSPS) is 14.4. The largest absolute Gasteiger partial charge is 0.494 e. The van der Waals surface area contributed by atoms with Crippen LogP contribution in [0.5, 0.6) is 11.8 Å². The second kappa shape index (κ2) is 5.41. The fraction of sp³-hybridized carbons (Fsp3) is 0.250. The first-order valence-electron chi connectivity index (χ1n) is 8.24. The van der Waals surface area contributed by atoms with E-state index in [4.69, 9.17) is 0 Å². The maximum Gasteiger partial charge on any atom is 0.198 e. The van der Waals surface area contributed by atoms with Crippen molar-refractivity contribution in [2.24, 2.45) is 0 Å². The molecule has 4 rings (SSSR count). The van der Waals surface area contributed by atoms with Crippen LogP contribution < -0.4 is 0 Å². The fourth-order valence-corrected chi connectivity index (χ4v) is 3.66. The molecule has 2 N–H and O–H groups in total. The number of fused-ring (bicyclic) bond motifs is 1. The van der Waals surface area contributed by atoms with Gasteiger partial charge in [0, 0.05) is 30.1 Å². The Morgan fingerprint density at radius 2 is 1.71 bits per heavy atom. The zero-order valence-electron chi connectivity index (χ0n) is 13.6. The number of pyridine rings is 1. The molecule has 0 unspecified atom stereocenters. The van der Waals surface area contributed by atoms with Crippen molar-refractivity contribution >= 4 is 0 Å². The lowest BCUT2D eigenvalue weighted by atomic mass is 9.94. The van der Waals surface area contributed by atoms with Gasteiger partial charge in [0.15, 0.2) is 11.8 Å². The Kier molecular flexibility index (Phi) is 3.34. The van der Waals surface area contributed by atoms with Crippen LogP contribution in [-0.4, -0.2) is 19.8 Å². The van der Waals surface area contributed by atoms with Gasteiger partial charge >= 0.3 is 0 Å². The summed E-state index contributed by atoms with van der Waals surface area (Å²) in [5.41, 5.74) is 3.51. The summed E-state index contributed by atoms with van der Waals surface area (Å²) in [7, 11) is 0. The number of hydrogen-bond acceptors (Lipinski definition) is 3. The highest BCUT2D eigenvalue weighted by Gasteiger charge is 2.56. The number of hydrogen-bond donors (Lipinski definition) is 2. The van der Waals surface area contributed by atoms with Gasteiger partial charge in [-0.15, -0.1) is 0 Å². The van der Waals surface area contributed by atoms with E-state index in [9.17, 15) is 10.2 Å². The summed E-state index contributed by atoms with van der Waals surface area (Å²) in [6.45, 7) is 2.62. The number of aromatic nitrogens is 2. The van der Waals surface area contributed by atoms with E-state index in [2.05, 4.69) is 17.1 Å². The molecule has 0 bridgehead atoms. The molecule has 2 aromatic heterocycles. The summed E-state index contributed by atoms with van der Waals surface area (Å²) < 4.78 is 1.62. The Morgan fingerprint density at radius 1 is 1.00 bits per heavy atom. The van der Waals surface area contributed by atoms with Gasteiger partial charge in [-0.3, -0.25) is 9.55 Å². The maximum atomic E-state index is 10.5. The van der Waals surface area contributed by atoms with E-state index < -0.39 is 5.41 Å². The number of aromatic hydroxyl groups is 2. The zero-order valence-corrected chi connectivity index (χ0v) is 13.6. The van der Waals surface area contributed by atoms with E-state index in [1.54, 1.807) is 17.0 Å². The van der Waals surface area contributed by atoms with Crippen LogP contribution in [0.2, 0.25) is 0 Å². The number of aryl methyl sites for hydroxylation is 1. The van der Waals surface area contributed by atoms with Crippen molar-refractivity contribution in [1.29, 1.82) is 0 Å². The highest BCUT2D eigenvalue weighted by Crippen LogP contribution is 2.63. The van der Waals surface area contributed by atoms with Gasteiger partial charge in [0.2, 0.25) is 0 Å². The zero-order chi connectivity index (χ0) is 16.7. The molecule has 0 radical (unpaired) electrons. The predicted molar refractivity (Wildman–Crippen MR) is 92.3 cm³/mol. The second-order valence-electron chi connectivity index (χ2n) is 6.50. The molecule has 1 aliphatic rings. The smallest absolute Gasteiger partial charge is 0.198 e. The fourth-order valence-electron chi connectivity index (χ4n) is 3.66. The highest BCUT2D eigenvalue weighted by molar-refractivity contribution is 5.75. The van der Waals surface area contributed by atoms with Crippen molar-refractivity contribution in [1.82, 2.24) is 9.55 Å². The maximum absolute atomic E-state index is 10.5. The molecule has 0 aliphatic heterocycles. The summed E-state index contributed by atoms with van der Waals surface area (Å²) in [5.74, 6) is 0.365. The Balaban J connectivity index is 1.52. The van der Waals surface area contributed by atoms with Crippen molar-refractivity contribution in [3.63, 3.8) is 0 Å². The van der Waals surface area contributed by atoms with E-state index in [1.165, 1.54) is 5.56 Å². The first-order valence-corrected chi connectivity index (χ1v) is 8.24. The SMILES string of the molecule is CC1(c2cccnc2)c2c1c(O)n(CCCc1ccccc1)c2O. The molecular formula is C20H20N2O2. The second-order valence-corrected chi connectivity index (χ2v) is 6.50. The Bertz CT molecular complexity index is 842. The van der Waals surface area contributed by atoms with Crippen LogP contribution in [0.3, 0.4) is 0 Å². The highest BCUT2D eigenvalue weighted by atomic mass is 16.3. The van der Waals surface area contributed by atoms with Gasteiger partial charge < -0.3 is 10.2 Å². The minimum absolute atomic E-state index is 0.182. The van der Waals surface area contributed by atoms with Gasteiger partial charge in [-0.2, -0.15) is 0 Å². The van der Waals surface area contributed by atoms with Crippen molar-refractivity contribution in [2.75, 3.05) is 0 Å². The standard InChI is InChI=1S/C20H20N2O2/c1-20(15-10-5-11-21-13-15)16-17(20)19(24)22(18(16)23)12-6-9-14-7-3-2-4-8-14/h2-5,7-8,10-11,13,23-24H,6,9,12H2,1H3. The van der Waals surface area contributed by atoms with Gasteiger partial charge in [-0.1, -0.05) is 36.4 Å². The van der Waals surface area contributed by atoms with E-state index in [1.807, 2.05) is 37.3 Å². The summed E-state index contributed by atoms with van der Waals surface area (Å²) in [4.78, 5) is 4.15. The third kappa shape index (κ3) is 2.10. The van der Waals surface area contributed by atoms with Gasteiger partial charge in [0.1, 0.15) is 0 Å². The summed E-state index contributed by atoms with van der Waals surface area (Å²) in [6.07, 6.45) is 5.30. The number of nitrogens with zero attached hydrogens (tertiary/aromatic N) is 2. The van der Waals surface area contributed by atoms with Gasteiger partial charge in [0.05, 0.1) is 5.41 Å². The lowest BCUT2D eigenvalue weighted by Crippen LogP contribution is -2.10. The molecule has 0 saturated carbocycles. The van der Waals surface area contributed by atoms with Crippen molar-refractivity contribution in [3.05, 3.63) is 77.1 Å². The quantitative estimate of drug-likeness (QED) is 0.755. The van der Waals surface area contributed by atoms with Crippen LogP contribution in [0.25, 0.3) is 0 Å². The third-order valence-corrected chi connectivity index (χ3v) is 5.07. The molecular weight excluding hydrogens is 300 g/mol. The third-order valence-electron chi connectivity index (χ3n) is 5.07. The van der Waals surface area contributed by atoms with Crippen LogP contribution >= 0.6 is 0 Å². The Labute approximate surface area is 141 Å². The van der Waals surface area contributed by atoms with Crippen molar-refractivity contribution < 1.29 is 10.2 Å². The van der Waals surface area contributed by atoms with Crippen LogP contribution in [0, 0.1) is 0 Å². The average molecular weight is 320 g/mol. The first-order chi connectivity index (χ1) is 11.6. The number of rotatable bonds is 5. The topological polar surface area (TPSA) is 58.3 Å². The molecule has 4 nitrogen and oxygen atoms in total. The minimum atomic E-state index is -0.404. The molecule has 0 amide bonds. The molecule has 0 atom stereocenters. The van der Waals surface area contributed by atoms with Gasteiger partial charge in [-0.05, 0) is 37.0 Å². The molecule has 2 heterocycles. The van der Waals surface area contributed by atoms with Crippen LogP contribution in [0.1, 0.15) is 35.6 Å². The minimum Gasteiger partial charge on any atom is -0.494 e. The molecule has 0 spiro atoms. The Hall–Kier alpha value is -2.75. The van der Waals surface area contributed by atoms with Gasteiger partial charge in [0.25, 0.3) is 0 Å². The molecule has 1 aromatic carbocycles. The summed E-state index contributed by atoms with van der Waals surface area (Å²) >= 11 is 0. The number of benzene rings is 1. The van der Waals surface area contributed by atoms with Crippen LogP contribution in [0.15, 0.2) is 54.9 Å². The molecule has 0 fully saturated rings. The van der Waals surface area contributed by atoms with E-state index in [0.29, 0.717) is 6.54 Å². The van der Waals surface area contributed by atoms with Crippen molar-refractivity contribution in [2.45, 2.75) is 31.7 Å². The van der Waals surface area contributed by atoms with E-state index in [0.717, 1.165) is 29.5 Å². The molecule has 24 heavy (non-hydrogen) atoms. The summed E-state index contributed by atoms with van der Waals surface area (Å²) in [6, 6.07) is 14.1. The monoisotopic (exact) mass is 320 g/mol. The molecule has 3 aromatic rings. The lowest BCUT2D eigenvalue weighted by Gasteiger charge is -2.16. The lowest BCUT2D eigenvalue weighted by molar-refractivity contribution is 0.352. The van der Waals surface area contributed by atoms with Crippen LogP contribution in [-0.2, 0) is 18.4 Å². The Morgan fingerprint density at radius 3 is 2.33 bits per heavy atom. The van der Waals surface area contributed by atoms with E-state index in [-0.39, 0.29) is 11.8 Å². The molecule has 122 valence electrons. The molecule has 4 heteroatoms.